The summed E-state index contributed by atoms with van der Waals surface area (Å²) in [6.45, 7) is 7.92. The summed E-state index contributed by atoms with van der Waals surface area (Å²) in [5.41, 5.74) is -0.202. The second kappa shape index (κ2) is 4.89. The van der Waals surface area contributed by atoms with Crippen molar-refractivity contribution in [1.82, 2.24) is 4.98 Å². The maximum Gasteiger partial charge on any atom is 0.487 e. The fourth-order valence-electron chi connectivity index (χ4n) is 1.66. The van der Waals surface area contributed by atoms with E-state index in [1.165, 1.54) is 6.07 Å². The van der Waals surface area contributed by atoms with Gasteiger partial charge in [-0.15, -0.1) is 0 Å². The van der Waals surface area contributed by atoms with Crippen LogP contribution < -0.4 is 0 Å². The lowest BCUT2D eigenvalue weighted by atomic mass is 9.89. The summed E-state index contributed by atoms with van der Waals surface area (Å²) in [4.78, 5) is 3.92. The van der Waals surface area contributed by atoms with E-state index in [-0.39, 0.29) is 16.2 Å². The normalized spacial score (nSPS) is 21.3. The average Bonchev–Trinajstić information content (AvgIpc) is 2.49. The Kier molecular flexibility index (Phi) is 3.73. The number of rotatable bonds is 2. The maximum absolute atomic E-state index is 13.0. The molecule has 0 aliphatic carbocycles. The molecule has 1 aliphatic rings. The molecule has 1 aromatic rings. The van der Waals surface area contributed by atoms with Gasteiger partial charge in [-0.1, -0.05) is 17.6 Å². The Morgan fingerprint density at radius 1 is 1.26 bits per heavy atom. The predicted molar refractivity (Wildman–Crippen MR) is 74.3 cm³/mol. The number of nitrogens with zero attached hydrogens (tertiary/aromatic N) is 1. The third-order valence-electron chi connectivity index (χ3n) is 3.53. The van der Waals surface area contributed by atoms with Crippen LogP contribution in [0.25, 0.3) is 6.08 Å². The van der Waals surface area contributed by atoms with Crippen LogP contribution >= 0.6 is 11.6 Å². The van der Waals surface area contributed by atoms with Gasteiger partial charge in [-0.3, -0.25) is 4.98 Å². The SMILES string of the molecule is CC1(C)OB(/C=C/c2cc(Cl)c(F)cn2)OC1(C)C. The molecular weight excluding hydrogens is 267 g/mol. The van der Waals surface area contributed by atoms with Crippen LogP contribution in [0.1, 0.15) is 33.4 Å². The standard InChI is InChI=1S/C13H16BClFNO2/c1-12(2)13(3,4)19-14(18-12)6-5-9-7-10(15)11(16)8-17-9/h5-8H,1-4H3/b6-5+. The van der Waals surface area contributed by atoms with Gasteiger partial charge in [-0.25, -0.2) is 4.39 Å². The zero-order valence-electron chi connectivity index (χ0n) is 11.4. The third kappa shape index (κ3) is 2.99. The molecule has 0 radical (unpaired) electrons. The van der Waals surface area contributed by atoms with Crippen LogP contribution in [0.2, 0.25) is 5.02 Å². The van der Waals surface area contributed by atoms with Crippen LogP contribution in [0.4, 0.5) is 4.39 Å². The van der Waals surface area contributed by atoms with E-state index in [1.807, 2.05) is 27.7 Å². The molecular formula is C13H16BClFNO2. The lowest BCUT2D eigenvalue weighted by Gasteiger charge is -2.32. The van der Waals surface area contributed by atoms with Crippen molar-refractivity contribution in [3.05, 3.63) is 34.8 Å². The number of hydrogen-bond donors (Lipinski definition) is 0. The minimum atomic E-state index is -0.533. The second-order valence-electron chi connectivity index (χ2n) is 5.51. The molecule has 19 heavy (non-hydrogen) atoms. The molecule has 102 valence electrons. The van der Waals surface area contributed by atoms with Gasteiger partial charge in [-0.2, -0.15) is 0 Å². The number of pyridine rings is 1. The van der Waals surface area contributed by atoms with E-state index in [0.29, 0.717) is 5.69 Å². The monoisotopic (exact) mass is 283 g/mol. The zero-order chi connectivity index (χ0) is 14.3. The van der Waals surface area contributed by atoms with Crippen molar-refractivity contribution in [3.63, 3.8) is 0 Å². The van der Waals surface area contributed by atoms with Crippen LogP contribution in [0.3, 0.4) is 0 Å². The zero-order valence-corrected chi connectivity index (χ0v) is 12.2. The number of halogens is 2. The van der Waals surface area contributed by atoms with E-state index in [4.69, 9.17) is 20.9 Å². The molecule has 1 aromatic heterocycles. The molecule has 1 saturated heterocycles. The smallest absolute Gasteiger partial charge is 0.400 e. The predicted octanol–water partition coefficient (Wildman–Crippen LogP) is 3.52. The van der Waals surface area contributed by atoms with Crippen molar-refractivity contribution < 1.29 is 13.7 Å². The lowest BCUT2D eigenvalue weighted by molar-refractivity contribution is 0.00578. The summed E-state index contributed by atoms with van der Waals surface area (Å²) < 4.78 is 24.6. The molecule has 1 fully saturated rings. The molecule has 1 aliphatic heterocycles. The van der Waals surface area contributed by atoms with Crippen LogP contribution in [0.5, 0.6) is 0 Å². The van der Waals surface area contributed by atoms with Gasteiger partial charge in [0.1, 0.15) is 0 Å². The Morgan fingerprint density at radius 3 is 2.37 bits per heavy atom. The van der Waals surface area contributed by atoms with Gasteiger partial charge >= 0.3 is 7.12 Å². The van der Waals surface area contributed by atoms with E-state index < -0.39 is 12.9 Å². The Bertz CT molecular complexity index is 503. The molecule has 0 atom stereocenters. The number of hydrogen-bond acceptors (Lipinski definition) is 3. The molecule has 3 nitrogen and oxygen atoms in total. The van der Waals surface area contributed by atoms with Crippen molar-refractivity contribution >= 4 is 24.8 Å². The van der Waals surface area contributed by atoms with Gasteiger partial charge in [0, 0.05) is 0 Å². The highest BCUT2D eigenvalue weighted by Crippen LogP contribution is 2.37. The summed E-state index contributed by atoms with van der Waals surface area (Å²) >= 11 is 5.69. The largest absolute Gasteiger partial charge is 0.487 e. The molecule has 0 aromatic carbocycles. The minimum Gasteiger partial charge on any atom is -0.400 e. The van der Waals surface area contributed by atoms with E-state index in [1.54, 1.807) is 12.1 Å². The first-order valence-electron chi connectivity index (χ1n) is 6.06. The third-order valence-corrected chi connectivity index (χ3v) is 3.81. The van der Waals surface area contributed by atoms with Crippen LogP contribution in [-0.4, -0.2) is 23.3 Å². The van der Waals surface area contributed by atoms with Gasteiger partial charge in [0.05, 0.1) is 28.1 Å². The van der Waals surface area contributed by atoms with E-state index in [0.717, 1.165) is 6.20 Å². The summed E-state index contributed by atoms with van der Waals surface area (Å²) in [5.74, 6) is 1.21. The summed E-state index contributed by atoms with van der Waals surface area (Å²) in [6.07, 6.45) is 2.79. The molecule has 2 heterocycles. The van der Waals surface area contributed by atoms with Gasteiger partial charge in [0.15, 0.2) is 5.82 Å². The van der Waals surface area contributed by atoms with Crippen LogP contribution in [0, 0.1) is 5.82 Å². The summed E-state index contributed by atoms with van der Waals surface area (Å²) in [6, 6.07) is 1.46. The van der Waals surface area contributed by atoms with Crippen molar-refractivity contribution in [3.8, 4) is 0 Å². The number of aromatic nitrogens is 1. The fraction of sp³-hybridized carbons (Fsp3) is 0.462. The Morgan fingerprint density at radius 2 is 1.84 bits per heavy atom. The first-order valence-corrected chi connectivity index (χ1v) is 6.44. The van der Waals surface area contributed by atoms with Crippen molar-refractivity contribution in [1.29, 1.82) is 0 Å². The first kappa shape index (κ1) is 14.5. The molecule has 0 spiro atoms. The van der Waals surface area contributed by atoms with Gasteiger partial charge in [0.2, 0.25) is 0 Å². The van der Waals surface area contributed by atoms with E-state index >= 15 is 0 Å². The lowest BCUT2D eigenvalue weighted by Crippen LogP contribution is -2.41. The van der Waals surface area contributed by atoms with Crippen molar-refractivity contribution in [2.75, 3.05) is 0 Å². The van der Waals surface area contributed by atoms with E-state index in [9.17, 15) is 4.39 Å². The van der Waals surface area contributed by atoms with Crippen molar-refractivity contribution in [2.45, 2.75) is 38.9 Å². The average molecular weight is 284 g/mol. The molecule has 0 bridgehead atoms. The van der Waals surface area contributed by atoms with Crippen LogP contribution in [0.15, 0.2) is 18.2 Å². The van der Waals surface area contributed by atoms with E-state index in [2.05, 4.69) is 4.98 Å². The Labute approximate surface area is 117 Å². The maximum atomic E-state index is 13.0. The molecule has 2 rings (SSSR count). The van der Waals surface area contributed by atoms with Gasteiger partial charge < -0.3 is 9.31 Å². The van der Waals surface area contributed by atoms with Gasteiger partial charge in [0.25, 0.3) is 0 Å². The fourth-order valence-corrected chi connectivity index (χ4v) is 1.83. The molecule has 0 amide bonds. The van der Waals surface area contributed by atoms with Gasteiger partial charge in [-0.05, 0) is 39.8 Å². The highest BCUT2D eigenvalue weighted by atomic mass is 35.5. The second-order valence-corrected chi connectivity index (χ2v) is 5.91. The minimum absolute atomic E-state index is 0.0450. The Balaban J connectivity index is 2.10. The Hall–Kier alpha value is -0.905. The molecule has 0 unspecified atom stereocenters. The highest BCUT2D eigenvalue weighted by Gasteiger charge is 2.49. The molecule has 0 N–H and O–H groups in total. The van der Waals surface area contributed by atoms with Crippen LogP contribution in [-0.2, 0) is 9.31 Å². The van der Waals surface area contributed by atoms with Crippen molar-refractivity contribution in [2.24, 2.45) is 0 Å². The highest BCUT2D eigenvalue weighted by molar-refractivity contribution is 6.52. The summed E-state index contributed by atoms with van der Waals surface area (Å²) in [5, 5.41) is 0.0450. The quantitative estimate of drug-likeness (QED) is 0.778. The molecule has 6 heteroatoms. The molecule has 0 saturated carbocycles. The topological polar surface area (TPSA) is 31.4 Å². The first-order chi connectivity index (χ1) is 8.71. The summed E-state index contributed by atoms with van der Waals surface area (Å²) in [7, 11) is -0.448.